The molecule has 2 aromatic rings. The zero-order chi connectivity index (χ0) is 14.9. The minimum absolute atomic E-state index is 0.777. The molecule has 0 aliphatic heterocycles. The first kappa shape index (κ1) is 15.4. The molecule has 0 unspecified atom stereocenters. The molecule has 112 valence electrons. The maximum Gasteiger partial charge on any atom is 0.146 e. The summed E-state index contributed by atoms with van der Waals surface area (Å²) in [5.74, 6) is 0.894. The number of likely N-dealkylation sites (N-methyl/N-ethyl adjacent to an activating group) is 1. The van der Waals surface area contributed by atoms with Crippen LogP contribution in [0.15, 0.2) is 36.8 Å². The third-order valence-corrected chi connectivity index (χ3v) is 3.25. The van der Waals surface area contributed by atoms with Gasteiger partial charge in [-0.3, -0.25) is 9.97 Å². The molecule has 5 heteroatoms. The van der Waals surface area contributed by atoms with Gasteiger partial charge in [-0.2, -0.15) is 0 Å². The normalized spacial score (nSPS) is 10.6. The molecule has 21 heavy (non-hydrogen) atoms. The Morgan fingerprint density at radius 3 is 2.67 bits per heavy atom. The second-order valence-electron chi connectivity index (χ2n) is 5.04. The van der Waals surface area contributed by atoms with Crippen molar-refractivity contribution in [2.75, 3.05) is 25.0 Å². The van der Waals surface area contributed by atoms with Gasteiger partial charge in [0.05, 0.1) is 18.1 Å². The molecule has 0 spiro atoms. The van der Waals surface area contributed by atoms with E-state index < -0.39 is 0 Å². The number of pyridine rings is 1. The van der Waals surface area contributed by atoms with Crippen LogP contribution in [0, 0.1) is 0 Å². The number of rotatable bonds is 8. The van der Waals surface area contributed by atoms with Gasteiger partial charge in [0, 0.05) is 38.4 Å². The minimum Gasteiger partial charge on any atom is -0.358 e. The van der Waals surface area contributed by atoms with Crippen LogP contribution in [0.2, 0.25) is 0 Å². The standard InChI is InChI=1S/C16H23N5/c1-3-8-17-11-15-12-20-16(13-19-15)21(2)10-7-14-6-4-5-9-18-14/h4-6,9,12-13,17H,3,7-8,10-11H2,1-2H3. The molecule has 0 atom stereocenters. The van der Waals surface area contributed by atoms with Gasteiger partial charge in [-0.15, -0.1) is 0 Å². The molecule has 0 radical (unpaired) electrons. The first-order valence-electron chi connectivity index (χ1n) is 7.42. The van der Waals surface area contributed by atoms with Gasteiger partial charge in [0.1, 0.15) is 5.82 Å². The van der Waals surface area contributed by atoms with Crippen molar-refractivity contribution in [2.45, 2.75) is 26.3 Å². The number of hydrogen-bond donors (Lipinski definition) is 1. The van der Waals surface area contributed by atoms with Crippen LogP contribution in [-0.4, -0.2) is 35.1 Å². The Morgan fingerprint density at radius 1 is 1.10 bits per heavy atom. The second kappa shape index (κ2) is 8.32. The number of aromatic nitrogens is 3. The van der Waals surface area contributed by atoms with E-state index in [0.29, 0.717) is 0 Å². The van der Waals surface area contributed by atoms with Gasteiger partial charge >= 0.3 is 0 Å². The fourth-order valence-electron chi connectivity index (χ4n) is 1.97. The monoisotopic (exact) mass is 285 g/mol. The van der Waals surface area contributed by atoms with Crippen LogP contribution in [0.5, 0.6) is 0 Å². The molecule has 0 aliphatic carbocycles. The lowest BCUT2D eigenvalue weighted by Gasteiger charge is -2.17. The molecule has 0 saturated heterocycles. The van der Waals surface area contributed by atoms with E-state index in [-0.39, 0.29) is 0 Å². The van der Waals surface area contributed by atoms with Crippen LogP contribution in [-0.2, 0) is 13.0 Å². The van der Waals surface area contributed by atoms with Crippen molar-refractivity contribution in [3.05, 3.63) is 48.2 Å². The van der Waals surface area contributed by atoms with E-state index in [4.69, 9.17) is 0 Å². The third-order valence-electron chi connectivity index (χ3n) is 3.25. The predicted octanol–water partition coefficient (Wildman–Crippen LogP) is 2.05. The molecule has 5 nitrogen and oxygen atoms in total. The summed E-state index contributed by atoms with van der Waals surface area (Å²) < 4.78 is 0. The molecule has 2 heterocycles. The summed E-state index contributed by atoms with van der Waals surface area (Å²) in [5.41, 5.74) is 2.07. The summed E-state index contributed by atoms with van der Waals surface area (Å²) in [7, 11) is 2.03. The van der Waals surface area contributed by atoms with E-state index in [0.717, 1.165) is 49.7 Å². The SMILES string of the molecule is CCCNCc1cnc(N(C)CCc2ccccn2)cn1. The summed E-state index contributed by atoms with van der Waals surface area (Å²) >= 11 is 0. The maximum absolute atomic E-state index is 4.47. The molecule has 2 aromatic heterocycles. The van der Waals surface area contributed by atoms with Gasteiger partial charge in [0.2, 0.25) is 0 Å². The summed E-state index contributed by atoms with van der Waals surface area (Å²) in [5, 5.41) is 3.32. The van der Waals surface area contributed by atoms with E-state index >= 15 is 0 Å². The van der Waals surface area contributed by atoms with Crippen LogP contribution >= 0.6 is 0 Å². The largest absolute Gasteiger partial charge is 0.358 e. The molecule has 0 amide bonds. The van der Waals surface area contributed by atoms with Gasteiger partial charge < -0.3 is 10.2 Å². The van der Waals surface area contributed by atoms with Crippen molar-refractivity contribution in [2.24, 2.45) is 0 Å². The molecule has 0 saturated carbocycles. The highest BCUT2D eigenvalue weighted by atomic mass is 15.2. The lowest BCUT2D eigenvalue weighted by Crippen LogP contribution is -2.22. The molecule has 1 N–H and O–H groups in total. The Bertz CT molecular complexity index is 512. The molecule has 0 bridgehead atoms. The van der Waals surface area contributed by atoms with Crippen molar-refractivity contribution in [1.82, 2.24) is 20.3 Å². The quantitative estimate of drug-likeness (QED) is 0.752. The number of nitrogens with one attached hydrogen (secondary N) is 1. The molecular formula is C16H23N5. The third kappa shape index (κ3) is 5.11. The van der Waals surface area contributed by atoms with Crippen LogP contribution in [0.4, 0.5) is 5.82 Å². The lowest BCUT2D eigenvalue weighted by molar-refractivity contribution is 0.661. The molecule has 2 rings (SSSR count). The zero-order valence-corrected chi connectivity index (χ0v) is 12.8. The van der Waals surface area contributed by atoms with Crippen LogP contribution in [0.1, 0.15) is 24.7 Å². The van der Waals surface area contributed by atoms with Gasteiger partial charge in [0.25, 0.3) is 0 Å². The van der Waals surface area contributed by atoms with Gasteiger partial charge in [0.15, 0.2) is 0 Å². The summed E-state index contributed by atoms with van der Waals surface area (Å²) in [4.78, 5) is 15.3. The number of nitrogens with zero attached hydrogens (tertiary/aromatic N) is 4. The van der Waals surface area contributed by atoms with Gasteiger partial charge in [-0.25, -0.2) is 4.98 Å². The Morgan fingerprint density at radius 2 is 2.00 bits per heavy atom. The Labute approximate surface area is 126 Å². The summed E-state index contributed by atoms with van der Waals surface area (Å²) in [6.45, 7) is 4.81. The fourth-order valence-corrected chi connectivity index (χ4v) is 1.97. The molecule has 0 fully saturated rings. The fraction of sp³-hybridized carbons (Fsp3) is 0.438. The summed E-state index contributed by atoms with van der Waals surface area (Å²) in [6.07, 6.45) is 7.53. The Balaban J connectivity index is 1.83. The van der Waals surface area contributed by atoms with E-state index in [1.54, 1.807) is 0 Å². The van der Waals surface area contributed by atoms with Crippen molar-refractivity contribution < 1.29 is 0 Å². The highest BCUT2D eigenvalue weighted by molar-refractivity contribution is 5.34. The highest BCUT2D eigenvalue weighted by Crippen LogP contribution is 2.08. The van der Waals surface area contributed by atoms with Crippen molar-refractivity contribution in [3.63, 3.8) is 0 Å². The topological polar surface area (TPSA) is 53.9 Å². The first-order chi connectivity index (χ1) is 10.3. The van der Waals surface area contributed by atoms with Crippen molar-refractivity contribution in [1.29, 1.82) is 0 Å². The summed E-state index contributed by atoms with van der Waals surface area (Å²) in [6, 6.07) is 5.99. The van der Waals surface area contributed by atoms with E-state index in [9.17, 15) is 0 Å². The molecule has 0 aromatic carbocycles. The average Bonchev–Trinajstić information content (AvgIpc) is 2.54. The molecular weight excluding hydrogens is 262 g/mol. The number of hydrogen-bond acceptors (Lipinski definition) is 5. The minimum atomic E-state index is 0.777. The van der Waals surface area contributed by atoms with E-state index in [1.165, 1.54) is 0 Å². The number of anilines is 1. The maximum atomic E-state index is 4.47. The first-order valence-corrected chi connectivity index (χ1v) is 7.42. The average molecular weight is 285 g/mol. The smallest absolute Gasteiger partial charge is 0.146 e. The van der Waals surface area contributed by atoms with E-state index in [2.05, 4.69) is 32.1 Å². The zero-order valence-electron chi connectivity index (χ0n) is 12.8. The van der Waals surface area contributed by atoms with Crippen LogP contribution in [0.3, 0.4) is 0 Å². The lowest BCUT2D eigenvalue weighted by atomic mass is 10.2. The Kier molecular flexibility index (Phi) is 6.09. The molecule has 0 aliphatic rings. The van der Waals surface area contributed by atoms with Crippen molar-refractivity contribution >= 4 is 5.82 Å². The Hall–Kier alpha value is -2.01. The van der Waals surface area contributed by atoms with Gasteiger partial charge in [-0.05, 0) is 25.1 Å². The van der Waals surface area contributed by atoms with Crippen LogP contribution < -0.4 is 10.2 Å². The van der Waals surface area contributed by atoms with Crippen LogP contribution in [0.25, 0.3) is 0 Å². The predicted molar refractivity (Wildman–Crippen MR) is 85.2 cm³/mol. The van der Waals surface area contributed by atoms with E-state index in [1.807, 2.05) is 43.8 Å². The highest BCUT2D eigenvalue weighted by Gasteiger charge is 2.04. The second-order valence-corrected chi connectivity index (χ2v) is 5.04. The van der Waals surface area contributed by atoms with Crippen molar-refractivity contribution in [3.8, 4) is 0 Å². The van der Waals surface area contributed by atoms with Gasteiger partial charge in [-0.1, -0.05) is 13.0 Å².